The number of hydrogen-bond acceptors (Lipinski definition) is 2. The van der Waals surface area contributed by atoms with Crippen LogP contribution in [-0.4, -0.2) is 13.9 Å². The summed E-state index contributed by atoms with van der Waals surface area (Å²) in [5, 5.41) is 3.91. The molecule has 0 aliphatic carbocycles. The van der Waals surface area contributed by atoms with Gasteiger partial charge >= 0.3 is 0 Å². The molecule has 0 saturated carbocycles. The predicted octanol–water partition coefficient (Wildman–Crippen LogP) is 3.06. The van der Waals surface area contributed by atoms with Gasteiger partial charge in [0.2, 0.25) is 0 Å². The van der Waals surface area contributed by atoms with Crippen molar-refractivity contribution in [2.75, 3.05) is 0 Å². The molecule has 86 valence electrons. The molecule has 3 heteroatoms. The van der Waals surface area contributed by atoms with Gasteiger partial charge in [0.05, 0.1) is 8.07 Å². The van der Waals surface area contributed by atoms with Crippen molar-refractivity contribution in [3.8, 4) is 0 Å². The van der Waals surface area contributed by atoms with E-state index in [4.69, 9.17) is 0 Å². The molecule has 0 unspecified atom stereocenters. The van der Waals surface area contributed by atoms with Crippen LogP contribution >= 0.6 is 11.3 Å². The first-order chi connectivity index (χ1) is 7.54. The highest BCUT2D eigenvalue weighted by Gasteiger charge is 2.50. The molecule has 3 rings (SSSR count). The summed E-state index contributed by atoms with van der Waals surface area (Å²) in [6.07, 6.45) is 2.75. The summed E-state index contributed by atoms with van der Waals surface area (Å²) >= 11 is 1.89. The first kappa shape index (κ1) is 10.7. The molecule has 0 amide bonds. The van der Waals surface area contributed by atoms with Crippen LogP contribution in [0.1, 0.15) is 31.1 Å². The van der Waals surface area contributed by atoms with Crippen molar-refractivity contribution in [3.63, 3.8) is 0 Å². The number of hydrogen-bond donors (Lipinski definition) is 0. The second-order valence-electron chi connectivity index (χ2n) is 6.03. The summed E-state index contributed by atoms with van der Waals surface area (Å²) in [6.45, 7) is 4.85. The zero-order chi connectivity index (χ0) is 11.4. The Morgan fingerprint density at radius 1 is 1.50 bits per heavy atom. The zero-order valence-electron chi connectivity index (χ0n) is 10.0. The minimum Gasteiger partial charge on any atom is -0.300 e. The highest BCUT2D eigenvalue weighted by Crippen LogP contribution is 2.47. The maximum Gasteiger partial charge on any atom is 0.133 e. The van der Waals surface area contributed by atoms with Crippen LogP contribution in [0.3, 0.4) is 0 Å². The molecule has 16 heavy (non-hydrogen) atoms. The fraction of sp³-hybridized carbons (Fsp3) is 0.615. The van der Waals surface area contributed by atoms with Crippen molar-refractivity contribution in [1.29, 1.82) is 0 Å². The Hall–Kier alpha value is -0.413. The predicted molar refractivity (Wildman–Crippen MR) is 71.4 cm³/mol. The summed E-state index contributed by atoms with van der Waals surface area (Å²) in [7, 11) is -1.23. The average molecular weight is 250 g/mol. The van der Waals surface area contributed by atoms with Gasteiger partial charge in [-0.2, -0.15) is 0 Å². The van der Waals surface area contributed by atoms with Crippen molar-refractivity contribution in [1.82, 2.24) is 0 Å². The summed E-state index contributed by atoms with van der Waals surface area (Å²) in [5.41, 5.74) is 0.196. The van der Waals surface area contributed by atoms with Gasteiger partial charge in [-0.15, -0.1) is 11.3 Å². The fourth-order valence-electron chi connectivity index (χ4n) is 3.85. The maximum absolute atomic E-state index is 11.9. The average Bonchev–Trinajstić information content (AvgIpc) is 2.69. The lowest BCUT2D eigenvalue weighted by atomic mass is 9.84. The summed E-state index contributed by atoms with van der Waals surface area (Å²) < 4.78 is 0. The van der Waals surface area contributed by atoms with Gasteiger partial charge < -0.3 is 0 Å². The molecule has 0 aromatic carbocycles. The second-order valence-corrected chi connectivity index (χ2v) is 11.5. The molecule has 3 heterocycles. The summed E-state index contributed by atoms with van der Waals surface area (Å²) in [5.74, 6) is 0.486. The van der Waals surface area contributed by atoms with Gasteiger partial charge in [0.25, 0.3) is 0 Å². The monoisotopic (exact) mass is 250 g/mol. The smallest absolute Gasteiger partial charge is 0.133 e. The van der Waals surface area contributed by atoms with Gasteiger partial charge in [-0.25, -0.2) is 0 Å². The Morgan fingerprint density at radius 2 is 2.31 bits per heavy atom. The SMILES string of the molecule is C[C@@]12CC(=O)CCC[Si@@](C)(C1)c1ccsc12. The first-order valence-electron chi connectivity index (χ1n) is 6.14. The zero-order valence-corrected chi connectivity index (χ0v) is 11.8. The van der Waals surface area contributed by atoms with Crippen molar-refractivity contribution in [3.05, 3.63) is 16.3 Å². The van der Waals surface area contributed by atoms with E-state index >= 15 is 0 Å². The third-order valence-electron chi connectivity index (χ3n) is 4.42. The molecule has 1 aromatic rings. The number of rotatable bonds is 0. The van der Waals surface area contributed by atoms with Crippen LogP contribution in [-0.2, 0) is 10.2 Å². The topological polar surface area (TPSA) is 17.1 Å². The van der Waals surface area contributed by atoms with Gasteiger partial charge in [0.15, 0.2) is 0 Å². The van der Waals surface area contributed by atoms with Crippen LogP contribution in [0.4, 0.5) is 0 Å². The minimum absolute atomic E-state index is 0.196. The van der Waals surface area contributed by atoms with Crippen LogP contribution in [0, 0.1) is 0 Å². The molecular formula is C13H18OSSi. The van der Waals surface area contributed by atoms with E-state index in [9.17, 15) is 4.79 Å². The van der Waals surface area contributed by atoms with E-state index in [0.29, 0.717) is 5.78 Å². The van der Waals surface area contributed by atoms with E-state index in [1.54, 1.807) is 10.1 Å². The molecule has 1 saturated heterocycles. The number of carbonyl (C=O) groups is 1. The second kappa shape index (κ2) is 3.30. The van der Waals surface area contributed by atoms with Gasteiger partial charge in [-0.1, -0.05) is 25.6 Å². The number of carbonyl (C=O) groups excluding carboxylic acids is 1. The number of thiophene rings is 1. The standard InChI is InChI=1S/C13H18OSSi/c1-13-8-10(14)4-3-7-16(2,9-13)11-5-6-15-12(11)13/h5-6H,3-4,7-9H2,1-2H3/t13-,16+/m1/s1. The van der Waals surface area contributed by atoms with Gasteiger partial charge in [0, 0.05) is 23.1 Å². The lowest BCUT2D eigenvalue weighted by Gasteiger charge is -2.30. The van der Waals surface area contributed by atoms with E-state index in [2.05, 4.69) is 24.9 Å². The normalized spacial score (nSPS) is 38.0. The summed E-state index contributed by atoms with van der Waals surface area (Å²) in [4.78, 5) is 13.4. The van der Waals surface area contributed by atoms with E-state index < -0.39 is 8.07 Å². The first-order valence-corrected chi connectivity index (χ1v) is 9.93. The molecule has 1 fully saturated rings. The molecule has 1 aromatic heterocycles. The van der Waals surface area contributed by atoms with Crippen LogP contribution < -0.4 is 5.19 Å². The third-order valence-corrected chi connectivity index (χ3v) is 10.6. The van der Waals surface area contributed by atoms with Crippen molar-refractivity contribution >= 4 is 30.4 Å². The van der Waals surface area contributed by atoms with E-state index in [0.717, 1.165) is 19.3 Å². The lowest BCUT2D eigenvalue weighted by Crippen LogP contribution is -2.42. The van der Waals surface area contributed by atoms with Gasteiger partial charge in [-0.3, -0.25) is 4.79 Å². The van der Waals surface area contributed by atoms with Crippen molar-refractivity contribution in [2.24, 2.45) is 0 Å². The van der Waals surface area contributed by atoms with Crippen LogP contribution in [0.15, 0.2) is 11.4 Å². The minimum atomic E-state index is -1.23. The Bertz CT molecular complexity index is 453. The van der Waals surface area contributed by atoms with E-state index in [1.807, 2.05) is 11.3 Å². The van der Waals surface area contributed by atoms with Crippen LogP contribution in [0.2, 0.25) is 18.6 Å². The fourth-order valence-corrected chi connectivity index (χ4v) is 10.9. The molecule has 2 aliphatic heterocycles. The molecule has 1 nitrogen and oxygen atoms in total. The third kappa shape index (κ3) is 1.37. The number of fused-ring (bicyclic) bond motifs is 5. The van der Waals surface area contributed by atoms with Gasteiger partial charge in [-0.05, 0) is 23.0 Å². The lowest BCUT2D eigenvalue weighted by molar-refractivity contribution is -0.120. The molecule has 2 atom stereocenters. The van der Waals surface area contributed by atoms with Gasteiger partial charge in [0.1, 0.15) is 5.78 Å². The Balaban J connectivity index is 2.14. The molecule has 0 radical (unpaired) electrons. The molecule has 2 bridgehead atoms. The van der Waals surface area contributed by atoms with Crippen molar-refractivity contribution in [2.45, 2.75) is 50.2 Å². The Kier molecular flexibility index (Phi) is 2.21. The largest absolute Gasteiger partial charge is 0.300 e. The Morgan fingerprint density at radius 3 is 3.12 bits per heavy atom. The number of Topliss-reactive ketones (excluding diaryl/α,β-unsaturated/α-hetero) is 1. The Labute approximate surface area is 102 Å². The van der Waals surface area contributed by atoms with E-state index in [-0.39, 0.29) is 5.41 Å². The van der Waals surface area contributed by atoms with Crippen molar-refractivity contribution < 1.29 is 4.79 Å². The quantitative estimate of drug-likeness (QED) is 0.647. The molecular weight excluding hydrogens is 232 g/mol. The van der Waals surface area contributed by atoms with E-state index in [1.165, 1.54) is 12.1 Å². The molecule has 0 spiro atoms. The summed E-state index contributed by atoms with van der Waals surface area (Å²) in [6, 6.07) is 4.99. The molecule has 0 N–H and O–H groups in total. The maximum atomic E-state index is 11.9. The van der Waals surface area contributed by atoms with Crippen LogP contribution in [0.25, 0.3) is 0 Å². The highest BCUT2D eigenvalue weighted by atomic mass is 32.1. The number of ketones is 1. The highest BCUT2D eigenvalue weighted by molar-refractivity contribution is 7.13. The molecule has 2 aliphatic rings. The van der Waals surface area contributed by atoms with Crippen LogP contribution in [0.5, 0.6) is 0 Å².